The number of hydrogen-bond acceptors (Lipinski definition) is 6. The van der Waals surface area contributed by atoms with Crippen molar-refractivity contribution in [2.75, 3.05) is 46.3 Å². The summed E-state index contributed by atoms with van der Waals surface area (Å²) in [7, 11) is 2.42. The lowest BCUT2D eigenvalue weighted by Gasteiger charge is -2.30. The molecule has 1 N–H and O–H groups in total. The van der Waals surface area contributed by atoms with Crippen LogP contribution in [0.2, 0.25) is 0 Å². The predicted molar refractivity (Wildman–Crippen MR) is 124 cm³/mol. The third kappa shape index (κ3) is 5.16. The molecular formula is C23H31N3O5S. The van der Waals surface area contributed by atoms with Crippen LogP contribution in [0.4, 0.5) is 5.69 Å². The Kier molecular flexibility index (Phi) is 7.63. The van der Waals surface area contributed by atoms with Gasteiger partial charge in [0.15, 0.2) is 11.5 Å². The molecule has 1 heterocycles. The van der Waals surface area contributed by atoms with Crippen LogP contribution in [-0.4, -0.2) is 60.0 Å². The number of amides is 1. The lowest BCUT2D eigenvalue weighted by atomic mass is 10.1. The predicted octanol–water partition coefficient (Wildman–Crippen LogP) is 2.87. The topological polar surface area (TPSA) is 88.2 Å². The second-order valence-corrected chi connectivity index (χ2v) is 10.0. The molecule has 0 aromatic heterocycles. The van der Waals surface area contributed by atoms with Crippen molar-refractivity contribution in [3.63, 3.8) is 0 Å². The summed E-state index contributed by atoms with van der Waals surface area (Å²) in [6, 6.07) is 10.2. The second-order valence-electron chi connectivity index (χ2n) is 7.89. The van der Waals surface area contributed by atoms with Gasteiger partial charge in [-0.05, 0) is 55.2 Å². The van der Waals surface area contributed by atoms with Gasteiger partial charge in [0.05, 0.1) is 24.7 Å². The number of sulfonamides is 1. The normalized spacial score (nSPS) is 14.3. The van der Waals surface area contributed by atoms with Crippen LogP contribution in [0.1, 0.15) is 35.2 Å². The first-order valence-corrected chi connectivity index (χ1v) is 12.0. The van der Waals surface area contributed by atoms with Crippen LogP contribution >= 0.6 is 0 Å². The molecule has 0 atom stereocenters. The van der Waals surface area contributed by atoms with Crippen LogP contribution in [0.3, 0.4) is 0 Å². The van der Waals surface area contributed by atoms with E-state index in [1.807, 2.05) is 6.07 Å². The average molecular weight is 462 g/mol. The average Bonchev–Trinajstić information content (AvgIpc) is 2.82. The van der Waals surface area contributed by atoms with Crippen LogP contribution in [0, 0.1) is 0 Å². The monoisotopic (exact) mass is 461 g/mol. The number of piperidine rings is 1. The van der Waals surface area contributed by atoms with Gasteiger partial charge in [0, 0.05) is 39.4 Å². The van der Waals surface area contributed by atoms with Crippen molar-refractivity contribution < 1.29 is 22.7 Å². The van der Waals surface area contributed by atoms with Crippen molar-refractivity contribution in [1.82, 2.24) is 9.62 Å². The van der Waals surface area contributed by atoms with E-state index < -0.39 is 10.0 Å². The largest absolute Gasteiger partial charge is 0.493 e. The molecule has 3 rings (SSSR count). The van der Waals surface area contributed by atoms with Gasteiger partial charge in [-0.15, -0.1) is 0 Å². The standard InChI is InChI=1S/C23H31N3O5S/c1-25(2)32(28,29)18-9-10-20(26-12-6-5-7-13-26)19(15-18)23(27)24-16-17-8-11-21(30-3)22(14-17)31-4/h8-11,14-15H,5-7,12-13,16H2,1-4H3,(H,24,27). The molecule has 0 bridgehead atoms. The minimum atomic E-state index is -3.66. The van der Waals surface area contributed by atoms with Crippen LogP contribution in [0.25, 0.3) is 0 Å². The third-order valence-corrected chi connectivity index (χ3v) is 7.40. The Labute approximate surface area is 190 Å². The fourth-order valence-corrected chi connectivity index (χ4v) is 4.68. The third-order valence-electron chi connectivity index (χ3n) is 5.59. The van der Waals surface area contributed by atoms with E-state index in [0.29, 0.717) is 17.1 Å². The summed E-state index contributed by atoms with van der Waals surface area (Å²) in [5.74, 6) is 0.861. The van der Waals surface area contributed by atoms with Crippen molar-refractivity contribution in [2.24, 2.45) is 0 Å². The molecule has 0 spiro atoms. The van der Waals surface area contributed by atoms with E-state index in [0.717, 1.165) is 47.9 Å². The fourth-order valence-electron chi connectivity index (χ4n) is 3.75. The van der Waals surface area contributed by atoms with Crippen molar-refractivity contribution in [1.29, 1.82) is 0 Å². The minimum Gasteiger partial charge on any atom is -0.493 e. The summed E-state index contributed by atoms with van der Waals surface area (Å²) in [6.45, 7) is 1.95. The summed E-state index contributed by atoms with van der Waals surface area (Å²) < 4.78 is 37.0. The van der Waals surface area contributed by atoms with E-state index in [2.05, 4.69) is 10.2 Å². The quantitative estimate of drug-likeness (QED) is 0.650. The van der Waals surface area contributed by atoms with Crippen LogP contribution in [0.5, 0.6) is 11.5 Å². The van der Waals surface area contributed by atoms with Crippen molar-refractivity contribution in [2.45, 2.75) is 30.7 Å². The second kappa shape index (κ2) is 10.2. The maximum absolute atomic E-state index is 13.2. The molecule has 8 nitrogen and oxygen atoms in total. The van der Waals surface area contributed by atoms with Crippen LogP contribution in [0.15, 0.2) is 41.3 Å². The van der Waals surface area contributed by atoms with Crippen molar-refractivity contribution in [3.05, 3.63) is 47.5 Å². The molecule has 1 saturated heterocycles. The lowest BCUT2D eigenvalue weighted by Crippen LogP contribution is -2.33. The van der Waals surface area contributed by atoms with Crippen LogP contribution in [-0.2, 0) is 16.6 Å². The molecule has 1 aliphatic heterocycles. The highest BCUT2D eigenvalue weighted by Crippen LogP contribution is 2.29. The molecular weight excluding hydrogens is 430 g/mol. The van der Waals surface area contributed by atoms with Crippen molar-refractivity contribution in [3.8, 4) is 11.5 Å². The Bertz CT molecular complexity index is 1060. The molecule has 0 aliphatic carbocycles. The first kappa shape index (κ1) is 23.9. The first-order chi connectivity index (χ1) is 15.3. The van der Waals surface area contributed by atoms with E-state index in [-0.39, 0.29) is 17.3 Å². The number of carbonyl (C=O) groups is 1. The van der Waals surface area contributed by atoms with Crippen molar-refractivity contribution >= 4 is 21.6 Å². The number of ether oxygens (including phenoxy) is 2. The number of rotatable bonds is 8. The van der Waals surface area contributed by atoms with Gasteiger partial charge >= 0.3 is 0 Å². The Morgan fingerprint density at radius 1 is 1.00 bits per heavy atom. The van der Waals surface area contributed by atoms with E-state index in [9.17, 15) is 13.2 Å². The molecule has 1 aliphatic rings. The number of nitrogens with zero attached hydrogens (tertiary/aromatic N) is 2. The number of methoxy groups -OCH3 is 2. The molecule has 0 unspecified atom stereocenters. The number of nitrogens with one attached hydrogen (secondary N) is 1. The summed E-state index contributed by atoms with van der Waals surface area (Å²) in [5.41, 5.74) is 1.95. The highest BCUT2D eigenvalue weighted by atomic mass is 32.2. The summed E-state index contributed by atoms with van der Waals surface area (Å²) >= 11 is 0. The minimum absolute atomic E-state index is 0.0968. The Morgan fingerprint density at radius 2 is 1.69 bits per heavy atom. The summed E-state index contributed by atoms with van der Waals surface area (Å²) in [4.78, 5) is 15.5. The van der Waals surface area contributed by atoms with Gasteiger partial charge in [-0.25, -0.2) is 12.7 Å². The van der Waals surface area contributed by atoms with E-state index in [1.54, 1.807) is 38.5 Å². The lowest BCUT2D eigenvalue weighted by molar-refractivity contribution is 0.0951. The SMILES string of the molecule is COc1ccc(CNC(=O)c2cc(S(=O)(=O)N(C)C)ccc2N2CCCCC2)cc1OC. The molecule has 2 aromatic rings. The molecule has 0 saturated carbocycles. The molecule has 174 valence electrons. The Hall–Kier alpha value is -2.78. The Balaban J connectivity index is 1.90. The number of carbonyl (C=O) groups excluding carboxylic acids is 1. The first-order valence-electron chi connectivity index (χ1n) is 10.6. The maximum Gasteiger partial charge on any atom is 0.253 e. The molecule has 1 amide bonds. The summed E-state index contributed by atoms with van der Waals surface area (Å²) in [6.07, 6.45) is 3.25. The zero-order valence-electron chi connectivity index (χ0n) is 19.1. The van der Waals surface area contributed by atoms with Gasteiger partial charge in [-0.2, -0.15) is 0 Å². The van der Waals surface area contributed by atoms with Gasteiger partial charge in [-0.1, -0.05) is 6.07 Å². The highest BCUT2D eigenvalue weighted by molar-refractivity contribution is 7.89. The number of benzene rings is 2. The highest BCUT2D eigenvalue weighted by Gasteiger charge is 2.24. The maximum atomic E-state index is 13.2. The fraction of sp³-hybridized carbons (Fsp3) is 0.435. The van der Waals surface area contributed by atoms with Gasteiger partial charge < -0.3 is 19.7 Å². The van der Waals surface area contributed by atoms with E-state index >= 15 is 0 Å². The van der Waals surface area contributed by atoms with E-state index in [1.165, 1.54) is 20.2 Å². The molecule has 2 aromatic carbocycles. The van der Waals surface area contributed by atoms with Gasteiger partial charge in [0.1, 0.15) is 0 Å². The molecule has 1 fully saturated rings. The zero-order valence-corrected chi connectivity index (χ0v) is 19.9. The van der Waals surface area contributed by atoms with E-state index in [4.69, 9.17) is 9.47 Å². The van der Waals surface area contributed by atoms with Gasteiger partial charge in [0.2, 0.25) is 10.0 Å². The molecule has 0 radical (unpaired) electrons. The molecule has 32 heavy (non-hydrogen) atoms. The van der Waals surface area contributed by atoms with Gasteiger partial charge in [0.25, 0.3) is 5.91 Å². The van der Waals surface area contributed by atoms with Crippen LogP contribution < -0.4 is 19.7 Å². The van der Waals surface area contributed by atoms with Gasteiger partial charge in [-0.3, -0.25) is 4.79 Å². The number of hydrogen-bond donors (Lipinski definition) is 1. The zero-order chi connectivity index (χ0) is 23.3. The number of anilines is 1. The summed E-state index contributed by atoms with van der Waals surface area (Å²) in [5, 5.41) is 2.92. The smallest absolute Gasteiger partial charge is 0.253 e. The Morgan fingerprint density at radius 3 is 2.31 bits per heavy atom. The molecule has 9 heteroatoms.